The highest BCUT2D eigenvalue weighted by Gasteiger charge is 2.37. The summed E-state index contributed by atoms with van der Waals surface area (Å²) in [6, 6.07) is 67.3. The van der Waals surface area contributed by atoms with E-state index in [1.165, 1.54) is 99.1 Å². The number of benzene rings is 9. The molecule has 0 amide bonds. The van der Waals surface area contributed by atoms with Crippen LogP contribution in [-0.2, 0) is 5.41 Å². The van der Waals surface area contributed by atoms with E-state index in [1.54, 1.807) is 0 Å². The number of fused-ring (bicyclic) bond motifs is 7. The van der Waals surface area contributed by atoms with Crippen molar-refractivity contribution in [3.8, 4) is 55.6 Å². The Morgan fingerprint density at radius 2 is 0.765 bits per heavy atom. The molecule has 0 aliphatic heterocycles. The Bertz CT molecular complexity index is 2750. The zero-order chi connectivity index (χ0) is 34.1. The van der Waals surface area contributed by atoms with Crippen molar-refractivity contribution in [2.45, 2.75) is 19.3 Å². The molecule has 0 bridgehead atoms. The van der Waals surface area contributed by atoms with Crippen LogP contribution in [0.3, 0.4) is 0 Å². The number of rotatable bonds is 4. The van der Waals surface area contributed by atoms with Crippen molar-refractivity contribution in [2.24, 2.45) is 0 Å². The normalized spacial score (nSPS) is 13.1. The quantitative estimate of drug-likeness (QED) is 0.167. The maximum atomic E-state index is 2.42. The van der Waals surface area contributed by atoms with Crippen LogP contribution in [0.2, 0.25) is 0 Å². The molecule has 9 aromatic rings. The first kappa shape index (κ1) is 29.7. The lowest BCUT2D eigenvalue weighted by molar-refractivity contribution is 0.661. The van der Waals surface area contributed by atoms with Crippen LogP contribution >= 0.6 is 0 Å². The third kappa shape index (κ3) is 4.46. The Morgan fingerprint density at radius 3 is 1.41 bits per heavy atom. The lowest BCUT2D eigenvalue weighted by Gasteiger charge is -2.23. The molecular formula is C51H36. The molecule has 0 heterocycles. The van der Waals surface area contributed by atoms with Gasteiger partial charge in [-0.3, -0.25) is 0 Å². The maximum absolute atomic E-state index is 2.42. The Hall–Kier alpha value is -6.24. The fourth-order valence-electron chi connectivity index (χ4n) is 8.90. The predicted octanol–water partition coefficient (Wildman–Crippen LogP) is 14.1. The van der Waals surface area contributed by atoms with Gasteiger partial charge in [-0.1, -0.05) is 190 Å². The molecule has 0 atom stereocenters. The summed E-state index contributed by atoms with van der Waals surface area (Å²) in [5.41, 5.74) is 15.5. The molecular weight excluding hydrogens is 613 g/mol. The van der Waals surface area contributed by atoms with Gasteiger partial charge in [-0.05, 0) is 105 Å². The van der Waals surface area contributed by atoms with Crippen molar-refractivity contribution in [1.82, 2.24) is 0 Å². The smallest absolute Gasteiger partial charge is 0.0159 e. The second-order valence-corrected chi connectivity index (χ2v) is 14.4. The van der Waals surface area contributed by atoms with E-state index in [2.05, 4.69) is 196 Å². The largest absolute Gasteiger partial charge is 0.0622 e. The van der Waals surface area contributed by atoms with E-state index in [0.29, 0.717) is 0 Å². The van der Waals surface area contributed by atoms with E-state index in [-0.39, 0.29) is 5.41 Å². The van der Waals surface area contributed by atoms with Gasteiger partial charge in [0.25, 0.3) is 0 Å². The molecule has 1 aliphatic rings. The molecule has 10 rings (SSSR count). The van der Waals surface area contributed by atoms with E-state index in [0.717, 1.165) is 0 Å². The van der Waals surface area contributed by atoms with Gasteiger partial charge in [-0.2, -0.15) is 0 Å². The first-order chi connectivity index (χ1) is 25.1. The third-order valence-electron chi connectivity index (χ3n) is 11.3. The van der Waals surface area contributed by atoms with Gasteiger partial charge in [0.15, 0.2) is 0 Å². The summed E-state index contributed by atoms with van der Waals surface area (Å²) >= 11 is 0. The van der Waals surface area contributed by atoms with Crippen LogP contribution in [-0.4, -0.2) is 0 Å². The molecule has 0 unspecified atom stereocenters. The summed E-state index contributed by atoms with van der Waals surface area (Å²) in [4.78, 5) is 0. The van der Waals surface area contributed by atoms with Crippen molar-refractivity contribution in [3.63, 3.8) is 0 Å². The van der Waals surface area contributed by atoms with Gasteiger partial charge in [0, 0.05) is 5.41 Å². The first-order valence-corrected chi connectivity index (χ1v) is 17.9. The van der Waals surface area contributed by atoms with Gasteiger partial charge >= 0.3 is 0 Å². The summed E-state index contributed by atoms with van der Waals surface area (Å²) in [6.07, 6.45) is 0. The molecule has 0 radical (unpaired) electrons. The van der Waals surface area contributed by atoms with Gasteiger partial charge < -0.3 is 0 Å². The topological polar surface area (TPSA) is 0 Å². The summed E-state index contributed by atoms with van der Waals surface area (Å²) in [5.74, 6) is 0. The maximum Gasteiger partial charge on any atom is 0.0159 e. The zero-order valence-corrected chi connectivity index (χ0v) is 28.8. The van der Waals surface area contributed by atoms with Crippen LogP contribution in [0.5, 0.6) is 0 Å². The molecule has 0 N–H and O–H groups in total. The zero-order valence-electron chi connectivity index (χ0n) is 28.8. The minimum atomic E-state index is -0.104. The van der Waals surface area contributed by atoms with E-state index in [1.807, 2.05) is 0 Å². The standard InChI is InChI=1S/C51H36/c1-51(2)46-31-30-37-39(26-15-27-40(37)50(46)45-29-28-35(32-47(45)51)33-16-5-3-6-17-33)49-43-24-13-11-22-41(43)48(42-23-12-14-25-44(42)49)38-21-10-9-20-36(38)34-18-7-4-8-19-34/h3-32H,1-2H3. The van der Waals surface area contributed by atoms with E-state index in [9.17, 15) is 0 Å². The van der Waals surface area contributed by atoms with Gasteiger partial charge in [0.05, 0.1) is 0 Å². The summed E-state index contributed by atoms with van der Waals surface area (Å²) < 4.78 is 0. The van der Waals surface area contributed by atoms with Gasteiger partial charge in [-0.25, -0.2) is 0 Å². The minimum absolute atomic E-state index is 0.104. The van der Waals surface area contributed by atoms with Crippen molar-refractivity contribution < 1.29 is 0 Å². The molecule has 0 saturated heterocycles. The van der Waals surface area contributed by atoms with E-state index >= 15 is 0 Å². The molecule has 0 fully saturated rings. The molecule has 0 heteroatoms. The summed E-state index contributed by atoms with van der Waals surface area (Å²) in [7, 11) is 0. The average molecular weight is 649 g/mol. The lowest BCUT2D eigenvalue weighted by atomic mass is 9.80. The SMILES string of the molecule is CC1(C)c2cc(-c3ccccc3)ccc2-c2c1ccc1c(-c3c4ccccc4c(-c4ccccc4-c4ccccc4)c4ccccc34)cccc21. The van der Waals surface area contributed by atoms with E-state index < -0.39 is 0 Å². The van der Waals surface area contributed by atoms with Crippen molar-refractivity contribution in [1.29, 1.82) is 0 Å². The number of hydrogen-bond acceptors (Lipinski definition) is 0. The van der Waals surface area contributed by atoms with Gasteiger partial charge in [0.2, 0.25) is 0 Å². The fourth-order valence-corrected chi connectivity index (χ4v) is 8.90. The molecule has 240 valence electrons. The fraction of sp³-hybridized carbons (Fsp3) is 0.0588. The molecule has 0 saturated carbocycles. The second-order valence-electron chi connectivity index (χ2n) is 14.4. The Balaban J connectivity index is 1.25. The highest BCUT2D eigenvalue weighted by molar-refractivity contribution is 6.25. The highest BCUT2D eigenvalue weighted by Crippen LogP contribution is 2.54. The minimum Gasteiger partial charge on any atom is -0.0622 e. The Kier molecular flexibility index (Phi) is 6.63. The van der Waals surface area contributed by atoms with Crippen LogP contribution in [0.1, 0.15) is 25.0 Å². The van der Waals surface area contributed by atoms with Crippen LogP contribution in [0, 0.1) is 0 Å². The Morgan fingerprint density at radius 1 is 0.275 bits per heavy atom. The van der Waals surface area contributed by atoms with Gasteiger partial charge in [-0.15, -0.1) is 0 Å². The molecule has 9 aromatic carbocycles. The third-order valence-corrected chi connectivity index (χ3v) is 11.3. The van der Waals surface area contributed by atoms with Gasteiger partial charge in [0.1, 0.15) is 0 Å². The predicted molar refractivity (Wildman–Crippen MR) is 218 cm³/mol. The Labute approximate surface area is 299 Å². The number of hydrogen-bond donors (Lipinski definition) is 0. The van der Waals surface area contributed by atoms with Crippen molar-refractivity contribution >= 4 is 32.3 Å². The molecule has 0 aromatic heterocycles. The average Bonchev–Trinajstić information content (AvgIpc) is 3.43. The first-order valence-electron chi connectivity index (χ1n) is 17.9. The van der Waals surface area contributed by atoms with Crippen LogP contribution < -0.4 is 0 Å². The molecule has 51 heavy (non-hydrogen) atoms. The second kappa shape index (κ2) is 11.4. The lowest BCUT2D eigenvalue weighted by Crippen LogP contribution is -2.15. The molecule has 0 nitrogen and oxygen atoms in total. The van der Waals surface area contributed by atoms with Crippen LogP contribution in [0.15, 0.2) is 182 Å². The van der Waals surface area contributed by atoms with Crippen LogP contribution in [0.25, 0.3) is 88.0 Å². The summed E-state index contributed by atoms with van der Waals surface area (Å²) in [6.45, 7) is 4.77. The molecule has 1 aliphatic carbocycles. The highest BCUT2D eigenvalue weighted by atomic mass is 14.4. The van der Waals surface area contributed by atoms with Crippen molar-refractivity contribution in [3.05, 3.63) is 193 Å². The molecule has 0 spiro atoms. The summed E-state index contributed by atoms with van der Waals surface area (Å²) in [5, 5.41) is 7.70. The van der Waals surface area contributed by atoms with Crippen molar-refractivity contribution in [2.75, 3.05) is 0 Å². The van der Waals surface area contributed by atoms with Crippen LogP contribution in [0.4, 0.5) is 0 Å². The van der Waals surface area contributed by atoms with E-state index in [4.69, 9.17) is 0 Å². The monoisotopic (exact) mass is 648 g/mol.